The lowest BCUT2D eigenvalue weighted by atomic mass is 10.2. The summed E-state index contributed by atoms with van der Waals surface area (Å²) < 4.78 is 7.48. The summed E-state index contributed by atoms with van der Waals surface area (Å²) in [6.07, 6.45) is 4.42. The van der Waals surface area contributed by atoms with Crippen LogP contribution in [0.2, 0.25) is 5.15 Å². The van der Waals surface area contributed by atoms with E-state index in [4.69, 9.17) is 22.1 Å². The summed E-state index contributed by atoms with van der Waals surface area (Å²) in [6, 6.07) is 0. The Balaban J connectivity index is 2.14. The molecule has 17 heavy (non-hydrogen) atoms. The van der Waals surface area contributed by atoms with E-state index in [2.05, 4.69) is 15.0 Å². The van der Waals surface area contributed by atoms with Crippen LogP contribution in [0.15, 0.2) is 6.33 Å². The highest BCUT2D eigenvalue weighted by molar-refractivity contribution is 6.33. The second-order valence-electron chi connectivity index (χ2n) is 4.00. The van der Waals surface area contributed by atoms with Crippen LogP contribution in [0.5, 0.6) is 0 Å². The van der Waals surface area contributed by atoms with Crippen LogP contribution in [-0.4, -0.2) is 26.1 Å². The number of nitrogens with two attached hydrogens (primary N) is 1. The van der Waals surface area contributed by atoms with Crippen molar-refractivity contribution in [1.29, 1.82) is 0 Å². The van der Waals surface area contributed by atoms with Crippen molar-refractivity contribution in [3.63, 3.8) is 0 Å². The summed E-state index contributed by atoms with van der Waals surface area (Å²) in [7, 11) is 0. The summed E-state index contributed by atoms with van der Waals surface area (Å²) in [4.78, 5) is 12.3. The Morgan fingerprint density at radius 2 is 2.29 bits per heavy atom. The summed E-state index contributed by atoms with van der Waals surface area (Å²) in [5.41, 5.74) is 7.06. The molecule has 0 spiro atoms. The molecule has 2 N–H and O–H groups in total. The molecule has 3 rings (SSSR count). The van der Waals surface area contributed by atoms with Gasteiger partial charge in [0.1, 0.15) is 18.1 Å². The highest BCUT2D eigenvalue weighted by Gasteiger charge is 2.22. The Morgan fingerprint density at radius 3 is 3.06 bits per heavy atom. The lowest BCUT2D eigenvalue weighted by molar-refractivity contribution is -0.0284. The van der Waals surface area contributed by atoms with Crippen LogP contribution in [-0.2, 0) is 4.74 Å². The van der Waals surface area contributed by atoms with Crippen LogP contribution in [0.1, 0.15) is 25.5 Å². The maximum atomic E-state index is 5.96. The van der Waals surface area contributed by atoms with E-state index in [1.54, 1.807) is 4.57 Å². The number of fused-ring (bicyclic) bond motifs is 1. The first-order chi connectivity index (χ1) is 8.27. The molecule has 3 heterocycles. The summed E-state index contributed by atoms with van der Waals surface area (Å²) in [6.45, 7) is 0.739. The SMILES string of the molecule is Nc1nc2c(Cl)ncnc2n1C1CCCCO1. The highest BCUT2D eigenvalue weighted by Crippen LogP contribution is 2.30. The number of hydrogen-bond acceptors (Lipinski definition) is 5. The molecule has 2 aromatic rings. The van der Waals surface area contributed by atoms with Crippen molar-refractivity contribution >= 4 is 28.7 Å². The molecule has 1 aliphatic heterocycles. The molecule has 2 aromatic heterocycles. The van der Waals surface area contributed by atoms with Gasteiger partial charge in [0.25, 0.3) is 0 Å². The average Bonchev–Trinajstić information content (AvgIpc) is 2.68. The fraction of sp³-hybridized carbons (Fsp3) is 0.500. The van der Waals surface area contributed by atoms with Gasteiger partial charge in [0.05, 0.1) is 0 Å². The van der Waals surface area contributed by atoms with Gasteiger partial charge >= 0.3 is 0 Å². The molecule has 1 saturated heterocycles. The molecule has 1 unspecified atom stereocenters. The van der Waals surface area contributed by atoms with E-state index < -0.39 is 0 Å². The molecule has 90 valence electrons. The Hall–Kier alpha value is -1.40. The first kappa shape index (κ1) is 10.7. The number of anilines is 1. The van der Waals surface area contributed by atoms with Crippen molar-refractivity contribution in [1.82, 2.24) is 19.5 Å². The van der Waals surface area contributed by atoms with E-state index >= 15 is 0 Å². The number of ether oxygens (including phenoxy) is 1. The maximum absolute atomic E-state index is 5.96. The average molecular weight is 254 g/mol. The van der Waals surface area contributed by atoms with Gasteiger partial charge in [-0.3, -0.25) is 4.57 Å². The highest BCUT2D eigenvalue weighted by atomic mass is 35.5. The minimum atomic E-state index is -0.0975. The number of nitrogen functional groups attached to an aromatic ring is 1. The van der Waals surface area contributed by atoms with E-state index in [1.165, 1.54) is 6.33 Å². The third kappa shape index (κ3) is 1.73. The molecular weight excluding hydrogens is 242 g/mol. The van der Waals surface area contributed by atoms with Crippen LogP contribution in [0.25, 0.3) is 11.2 Å². The molecule has 0 amide bonds. The van der Waals surface area contributed by atoms with Crippen molar-refractivity contribution < 1.29 is 4.74 Å². The van der Waals surface area contributed by atoms with Crippen molar-refractivity contribution in [2.45, 2.75) is 25.5 Å². The largest absolute Gasteiger partial charge is 0.369 e. The fourth-order valence-corrected chi connectivity index (χ4v) is 2.28. The monoisotopic (exact) mass is 253 g/mol. The predicted molar refractivity (Wildman–Crippen MR) is 63.6 cm³/mol. The second-order valence-corrected chi connectivity index (χ2v) is 4.36. The molecular formula is C10H12ClN5O. The molecule has 1 aliphatic rings. The van der Waals surface area contributed by atoms with Crippen LogP contribution in [0.3, 0.4) is 0 Å². The van der Waals surface area contributed by atoms with Gasteiger partial charge in [0, 0.05) is 6.61 Å². The third-order valence-electron chi connectivity index (χ3n) is 2.90. The molecule has 1 fully saturated rings. The lowest BCUT2D eigenvalue weighted by Gasteiger charge is -2.24. The lowest BCUT2D eigenvalue weighted by Crippen LogP contribution is -2.19. The molecule has 1 atom stereocenters. The van der Waals surface area contributed by atoms with E-state index in [0.717, 1.165) is 25.9 Å². The molecule has 7 heteroatoms. The van der Waals surface area contributed by atoms with Gasteiger partial charge in [0.15, 0.2) is 10.8 Å². The first-order valence-electron chi connectivity index (χ1n) is 5.53. The summed E-state index contributed by atoms with van der Waals surface area (Å²) in [5.74, 6) is 0.370. The number of nitrogens with zero attached hydrogens (tertiary/aromatic N) is 4. The summed E-state index contributed by atoms with van der Waals surface area (Å²) >= 11 is 5.96. The Morgan fingerprint density at radius 1 is 1.41 bits per heavy atom. The quantitative estimate of drug-likeness (QED) is 0.784. The van der Waals surface area contributed by atoms with E-state index in [9.17, 15) is 0 Å². The minimum absolute atomic E-state index is 0.0975. The van der Waals surface area contributed by atoms with Gasteiger partial charge in [-0.2, -0.15) is 0 Å². The van der Waals surface area contributed by atoms with Crippen molar-refractivity contribution in [3.05, 3.63) is 11.5 Å². The molecule has 0 saturated carbocycles. The molecule has 0 radical (unpaired) electrons. The molecule has 0 aliphatic carbocycles. The third-order valence-corrected chi connectivity index (χ3v) is 3.18. The molecule has 0 bridgehead atoms. The zero-order valence-corrected chi connectivity index (χ0v) is 9.89. The second kappa shape index (κ2) is 4.12. The van der Waals surface area contributed by atoms with Gasteiger partial charge in [-0.05, 0) is 19.3 Å². The van der Waals surface area contributed by atoms with Gasteiger partial charge < -0.3 is 10.5 Å². The van der Waals surface area contributed by atoms with Gasteiger partial charge in [-0.1, -0.05) is 11.6 Å². The smallest absolute Gasteiger partial charge is 0.204 e. The Bertz CT molecular complexity index is 549. The zero-order valence-electron chi connectivity index (χ0n) is 9.14. The van der Waals surface area contributed by atoms with Crippen LogP contribution in [0, 0.1) is 0 Å². The predicted octanol–water partition coefficient (Wildman–Crippen LogP) is 1.76. The topological polar surface area (TPSA) is 78.9 Å². The Kier molecular flexibility index (Phi) is 2.60. The van der Waals surface area contributed by atoms with E-state index in [0.29, 0.717) is 22.3 Å². The maximum Gasteiger partial charge on any atom is 0.204 e. The van der Waals surface area contributed by atoms with Crippen LogP contribution < -0.4 is 5.73 Å². The van der Waals surface area contributed by atoms with Crippen LogP contribution in [0.4, 0.5) is 5.95 Å². The standard InChI is InChI=1S/C10H12ClN5O/c11-8-7-9(14-5-13-8)16(10(12)15-7)6-3-1-2-4-17-6/h5-6H,1-4H2,(H2,12,15). The van der Waals surface area contributed by atoms with E-state index in [1.807, 2.05) is 0 Å². The Labute approximate surface area is 103 Å². The van der Waals surface area contributed by atoms with Crippen LogP contribution >= 0.6 is 11.6 Å². The number of halogens is 1. The number of rotatable bonds is 1. The summed E-state index contributed by atoms with van der Waals surface area (Å²) in [5, 5.41) is 0.316. The van der Waals surface area contributed by atoms with Gasteiger partial charge in [0.2, 0.25) is 5.95 Å². The van der Waals surface area contributed by atoms with E-state index in [-0.39, 0.29) is 6.23 Å². The van der Waals surface area contributed by atoms with Gasteiger partial charge in [-0.15, -0.1) is 0 Å². The number of aromatic nitrogens is 4. The van der Waals surface area contributed by atoms with Crippen molar-refractivity contribution in [2.75, 3.05) is 12.3 Å². The minimum Gasteiger partial charge on any atom is -0.369 e. The molecule has 0 aromatic carbocycles. The zero-order chi connectivity index (χ0) is 11.8. The van der Waals surface area contributed by atoms with Crippen molar-refractivity contribution in [3.8, 4) is 0 Å². The molecule has 6 nitrogen and oxygen atoms in total. The number of hydrogen-bond donors (Lipinski definition) is 1. The van der Waals surface area contributed by atoms with Gasteiger partial charge in [-0.25, -0.2) is 15.0 Å². The fourth-order valence-electron chi connectivity index (χ4n) is 2.11. The van der Waals surface area contributed by atoms with Crippen molar-refractivity contribution in [2.24, 2.45) is 0 Å². The number of imidazole rings is 1. The first-order valence-corrected chi connectivity index (χ1v) is 5.90. The normalized spacial score (nSPS) is 20.9.